The van der Waals surface area contributed by atoms with Gasteiger partial charge in [0.2, 0.25) is 0 Å². The summed E-state index contributed by atoms with van der Waals surface area (Å²) in [6.07, 6.45) is 11.1. The molecule has 0 saturated carbocycles. The molecule has 27 heavy (non-hydrogen) atoms. The lowest BCUT2D eigenvalue weighted by Gasteiger charge is -2.05. The molecule has 0 amide bonds. The number of rotatable bonds is 14. The van der Waals surface area contributed by atoms with E-state index >= 15 is 0 Å². The average molecular weight is 380 g/mol. The monoisotopic (exact) mass is 380 g/mol. The first kappa shape index (κ1) is 23.8. The van der Waals surface area contributed by atoms with Gasteiger partial charge >= 0.3 is 23.9 Å². The zero-order valence-corrected chi connectivity index (χ0v) is 15.0. The zero-order chi connectivity index (χ0) is 20.3. The molecule has 8 nitrogen and oxygen atoms in total. The molecular formula is C19H24O8. The van der Waals surface area contributed by atoms with E-state index in [0.717, 1.165) is 12.2 Å². The number of carboxylic acids is 1. The van der Waals surface area contributed by atoms with Crippen molar-refractivity contribution in [2.75, 3.05) is 19.8 Å². The van der Waals surface area contributed by atoms with Crippen molar-refractivity contribution in [3.63, 3.8) is 0 Å². The minimum absolute atomic E-state index is 0.00288. The minimum atomic E-state index is -1.05. The number of hydrogen-bond donors (Lipinski definition) is 1. The minimum Gasteiger partial charge on any atom is -0.478 e. The number of aliphatic carboxylic acids is 1. The highest BCUT2D eigenvalue weighted by atomic mass is 16.6. The molecule has 0 aliphatic rings. The van der Waals surface area contributed by atoms with Crippen molar-refractivity contribution >= 4 is 23.9 Å². The molecule has 0 aromatic heterocycles. The maximum Gasteiger partial charge on any atom is 0.330 e. The van der Waals surface area contributed by atoms with E-state index in [1.165, 1.54) is 30.4 Å². The maximum atomic E-state index is 11.4. The lowest BCUT2D eigenvalue weighted by molar-refractivity contribution is -0.149. The van der Waals surface area contributed by atoms with Crippen LogP contribution in [0, 0.1) is 0 Å². The second-order valence-corrected chi connectivity index (χ2v) is 5.01. The predicted octanol–water partition coefficient (Wildman–Crippen LogP) is 2.12. The van der Waals surface area contributed by atoms with Crippen molar-refractivity contribution in [2.45, 2.75) is 25.7 Å². The van der Waals surface area contributed by atoms with E-state index in [1.54, 1.807) is 0 Å². The van der Waals surface area contributed by atoms with Crippen LogP contribution >= 0.6 is 0 Å². The molecule has 0 aliphatic heterocycles. The third-order valence-electron chi connectivity index (χ3n) is 2.83. The summed E-state index contributed by atoms with van der Waals surface area (Å²) >= 11 is 0. The Hall–Kier alpha value is -3.16. The van der Waals surface area contributed by atoms with Crippen molar-refractivity contribution in [1.29, 1.82) is 0 Å². The van der Waals surface area contributed by atoms with Crippen molar-refractivity contribution in [2.24, 2.45) is 0 Å². The summed E-state index contributed by atoms with van der Waals surface area (Å²) in [5.41, 5.74) is 0. The molecule has 0 heterocycles. The summed E-state index contributed by atoms with van der Waals surface area (Å²) in [6, 6.07) is 0. The summed E-state index contributed by atoms with van der Waals surface area (Å²) in [5, 5.41) is 8.36. The molecule has 0 aromatic rings. The molecule has 0 aliphatic carbocycles. The van der Waals surface area contributed by atoms with Gasteiger partial charge < -0.3 is 19.3 Å². The van der Waals surface area contributed by atoms with Gasteiger partial charge in [-0.15, -0.1) is 0 Å². The van der Waals surface area contributed by atoms with E-state index in [1.807, 2.05) is 0 Å². The van der Waals surface area contributed by atoms with Gasteiger partial charge in [0.25, 0.3) is 0 Å². The lowest BCUT2D eigenvalue weighted by Crippen LogP contribution is -2.12. The maximum absolute atomic E-state index is 11.4. The molecule has 0 spiro atoms. The van der Waals surface area contributed by atoms with Crippen molar-refractivity contribution < 1.29 is 38.5 Å². The van der Waals surface area contributed by atoms with Crippen LogP contribution < -0.4 is 0 Å². The first-order valence-corrected chi connectivity index (χ1v) is 8.31. The number of carbonyl (C=O) groups excluding carboxylic acids is 3. The average Bonchev–Trinajstić information content (AvgIpc) is 2.63. The van der Waals surface area contributed by atoms with Crippen LogP contribution in [0.15, 0.2) is 49.1 Å². The summed E-state index contributed by atoms with van der Waals surface area (Å²) in [5.74, 6) is -2.50. The topological polar surface area (TPSA) is 116 Å². The Morgan fingerprint density at radius 1 is 0.741 bits per heavy atom. The quantitative estimate of drug-likeness (QED) is 0.160. The SMILES string of the molecule is C=CC(=O)OCCOC(=O)CCCCCOC(=O)/C=C/C=C\C=C\C(=O)O. The van der Waals surface area contributed by atoms with Crippen LogP contribution in [0.3, 0.4) is 0 Å². The van der Waals surface area contributed by atoms with E-state index in [-0.39, 0.29) is 32.2 Å². The number of ether oxygens (including phenoxy) is 3. The van der Waals surface area contributed by atoms with Crippen LogP contribution in [-0.2, 0) is 33.4 Å². The predicted molar refractivity (Wildman–Crippen MR) is 96.6 cm³/mol. The summed E-state index contributed by atoms with van der Waals surface area (Å²) in [4.78, 5) is 43.7. The van der Waals surface area contributed by atoms with Gasteiger partial charge in [0.05, 0.1) is 6.61 Å². The smallest absolute Gasteiger partial charge is 0.330 e. The van der Waals surface area contributed by atoms with E-state index < -0.39 is 17.9 Å². The Labute approximate surface area is 157 Å². The molecule has 0 rings (SSSR count). The third kappa shape index (κ3) is 17.5. The Balaban J connectivity index is 3.60. The number of esters is 3. The standard InChI is InChI=1S/C19H24O8/c1-2-17(22)26-14-15-27-19(24)12-8-5-9-13-25-18(23)11-7-4-3-6-10-16(20)21/h2-4,6-7,10-11H,1,5,8-9,12-15H2,(H,20,21)/b4-3-,10-6+,11-7+. The van der Waals surface area contributed by atoms with Gasteiger partial charge in [-0.3, -0.25) is 4.79 Å². The van der Waals surface area contributed by atoms with E-state index in [4.69, 9.17) is 14.6 Å². The van der Waals surface area contributed by atoms with Gasteiger partial charge in [0.15, 0.2) is 0 Å². The van der Waals surface area contributed by atoms with E-state index in [0.29, 0.717) is 19.3 Å². The van der Waals surface area contributed by atoms with Crippen LogP contribution in [0.1, 0.15) is 25.7 Å². The van der Waals surface area contributed by atoms with Gasteiger partial charge in [-0.25, -0.2) is 14.4 Å². The molecule has 0 atom stereocenters. The molecule has 0 unspecified atom stereocenters. The molecule has 0 bridgehead atoms. The van der Waals surface area contributed by atoms with Gasteiger partial charge in [-0.1, -0.05) is 30.9 Å². The number of carbonyl (C=O) groups is 4. The van der Waals surface area contributed by atoms with E-state index in [2.05, 4.69) is 11.3 Å². The Morgan fingerprint density at radius 3 is 2.04 bits per heavy atom. The van der Waals surface area contributed by atoms with Crippen LogP contribution in [-0.4, -0.2) is 48.8 Å². The fraction of sp³-hybridized carbons (Fsp3) is 0.368. The highest BCUT2D eigenvalue weighted by Crippen LogP contribution is 2.02. The summed E-state index contributed by atoms with van der Waals surface area (Å²) in [6.45, 7) is 3.47. The number of hydrogen-bond acceptors (Lipinski definition) is 7. The van der Waals surface area contributed by atoms with Crippen molar-refractivity contribution in [3.8, 4) is 0 Å². The third-order valence-corrected chi connectivity index (χ3v) is 2.83. The molecule has 0 radical (unpaired) electrons. The van der Waals surface area contributed by atoms with Gasteiger partial charge in [-0.05, 0) is 19.3 Å². The van der Waals surface area contributed by atoms with E-state index in [9.17, 15) is 19.2 Å². The Bertz CT molecular complexity index is 587. The molecule has 0 fully saturated rings. The van der Waals surface area contributed by atoms with Crippen LogP contribution in [0.5, 0.6) is 0 Å². The Morgan fingerprint density at radius 2 is 1.37 bits per heavy atom. The molecule has 0 aromatic carbocycles. The second-order valence-electron chi connectivity index (χ2n) is 5.01. The van der Waals surface area contributed by atoms with Crippen LogP contribution in [0.4, 0.5) is 0 Å². The number of unbranched alkanes of at least 4 members (excludes halogenated alkanes) is 2. The van der Waals surface area contributed by atoms with Gasteiger partial charge in [0, 0.05) is 24.6 Å². The molecule has 8 heteroatoms. The highest BCUT2D eigenvalue weighted by Gasteiger charge is 2.04. The summed E-state index contributed by atoms with van der Waals surface area (Å²) in [7, 11) is 0. The fourth-order valence-electron chi connectivity index (χ4n) is 1.60. The largest absolute Gasteiger partial charge is 0.478 e. The Kier molecular flexibility index (Phi) is 14.4. The van der Waals surface area contributed by atoms with Crippen molar-refractivity contribution in [1.82, 2.24) is 0 Å². The van der Waals surface area contributed by atoms with Crippen molar-refractivity contribution in [3.05, 3.63) is 49.1 Å². The normalized spacial score (nSPS) is 11.0. The first-order valence-electron chi connectivity index (χ1n) is 8.31. The highest BCUT2D eigenvalue weighted by molar-refractivity contribution is 5.82. The zero-order valence-electron chi connectivity index (χ0n) is 15.0. The van der Waals surface area contributed by atoms with Gasteiger partial charge in [-0.2, -0.15) is 0 Å². The molecule has 148 valence electrons. The fourth-order valence-corrected chi connectivity index (χ4v) is 1.60. The molecule has 0 saturated heterocycles. The summed E-state index contributed by atoms with van der Waals surface area (Å²) < 4.78 is 14.5. The second kappa shape index (κ2) is 16.3. The molecule has 1 N–H and O–H groups in total. The number of allylic oxidation sites excluding steroid dienone is 4. The lowest BCUT2D eigenvalue weighted by atomic mass is 10.2. The number of carboxylic acid groups (broad SMARTS) is 1. The first-order chi connectivity index (χ1) is 13.0. The molecular weight excluding hydrogens is 356 g/mol. The van der Waals surface area contributed by atoms with Gasteiger partial charge in [0.1, 0.15) is 13.2 Å². The van der Waals surface area contributed by atoms with Crippen LogP contribution in [0.25, 0.3) is 0 Å². The van der Waals surface area contributed by atoms with Crippen LogP contribution in [0.2, 0.25) is 0 Å².